The van der Waals surface area contributed by atoms with E-state index in [0.29, 0.717) is 30.3 Å². The zero-order valence-corrected chi connectivity index (χ0v) is 14.2. The molecular formula is C19H19N3O3. The Balaban J connectivity index is 1.63. The molecule has 0 aliphatic carbocycles. The van der Waals surface area contributed by atoms with Gasteiger partial charge in [0.2, 0.25) is 17.7 Å². The van der Waals surface area contributed by atoms with Gasteiger partial charge in [0.15, 0.2) is 0 Å². The number of carbonyl (C=O) groups is 1. The maximum atomic E-state index is 12.2. The average Bonchev–Trinajstić information content (AvgIpc) is 3.07. The number of rotatable bonds is 6. The van der Waals surface area contributed by atoms with Crippen LogP contribution in [-0.2, 0) is 11.2 Å². The number of carbonyl (C=O) groups excluding carboxylic acids is 1. The van der Waals surface area contributed by atoms with Crippen molar-refractivity contribution in [3.8, 4) is 17.2 Å². The fourth-order valence-electron chi connectivity index (χ4n) is 2.52. The summed E-state index contributed by atoms with van der Waals surface area (Å²) in [6.07, 6.45) is 0.975. The SMILES string of the molecule is COc1ccccc1CCC(=O)Nc1cccc(-c2nnc(C)o2)c1. The lowest BCUT2D eigenvalue weighted by atomic mass is 10.1. The highest BCUT2D eigenvalue weighted by atomic mass is 16.5. The Morgan fingerprint density at radius 2 is 2.00 bits per heavy atom. The fourth-order valence-corrected chi connectivity index (χ4v) is 2.52. The van der Waals surface area contributed by atoms with Crippen LogP contribution < -0.4 is 10.1 Å². The molecule has 2 aromatic carbocycles. The van der Waals surface area contributed by atoms with Crippen LogP contribution in [0.15, 0.2) is 52.9 Å². The molecule has 1 aromatic heterocycles. The van der Waals surface area contributed by atoms with E-state index in [0.717, 1.165) is 16.9 Å². The summed E-state index contributed by atoms with van der Waals surface area (Å²) in [5, 5.41) is 10.7. The highest BCUT2D eigenvalue weighted by Gasteiger charge is 2.09. The van der Waals surface area contributed by atoms with E-state index < -0.39 is 0 Å². The van der Waals surface area contributed by atoms with Gasteiger partial charge in [-0.05, 0) is 36.2 Å². The number of hydrogen-bond donors (Lipinski definition) is 1. The van der Waals surface area contributed by atoms with E-state index in [4.69, 9.17) is 9.15 Å². The van der Waals surface area contributed by atoms with Crippen LogP contribution in [0.25, 0.3) is 11.5 Å². The first-order valence-electron chi connectivity index (χ1n) is 7.98. The molecule has 6 heteroatoms. The number of nitrogens with one attached hydrogen (secondary N) is 1. The summed E-state index contributed by atoms with van der Waals surface area (Å²) in [6.45, 7) is 1.74. The van der Waals surface area contributed by atoms with Gasteiger partial charge in [-0.15, -0.1) is 10.2 Å². The quantitative estimate of drug-likeness (QED) is 0.743. The lowest BCUT2D eigenvalue weighted by Gasteiger charge is -2.09. The molecule has 128 valence electrons. The van der Waals surface area contributed by atoms with Gasteiger partial charge in [-0.2, -0.15) is 0 Å². The van der Waals surface area contributed by atoms with E-state index in [1.54, 1.807) is 14.0 Å². The third-order valence-corrected chi connectivity index (χ3v) is 3.73. The molecule has 0 spiro atoms. The number of benzene rings is 2. The molecule has 1 heterocycles. The van der Waals surface area contributed by atoms with Gasteiger partial charge in [0.25, 0.3) is 0 Å². The van der Waals surface area contributed by atoms with Gasteiger partial charge in [-0.3, -0.25) is 4.79 Å². The third kappa shape index (κ3) is 4.23. The number of nitrogens with zero attached hydrogens (tertiary/aromatic N) is 2. The summed E-state index contributed by atoms with van der Waals surface area (Å²) in [5.74, 6) is 1.66. The molecule has 3 aromatic rings. The molecule has 0 aliphatic rings. The van der Waals surface area contributed by atoms with Crippen molar-refractivity contribution < 1.29 is 13.9 Å². The Labute approximate surface area is 145 Å². The highest BCUT2D eigenvalue weighted by Crippen LogP contribution is 2.22. The fraction of sp³-hybridized carbons (Fsp3) is 0.211. The maximum absolute atomic E-state index is 12.2. The molecule has 0 atom stereocenters. The summed E-state index contributed by atoms with van der Waals surface area (Å²) in [5.41, 5.74) is 2.47. The van der Waals surface area contributed by atoms with E-state index >= 15 is 0 Å². The lowest BCUT2D eigenvalue weighted by molar-refractivity contribution is -0.116. The van der Waals surface area contributed by atoms with Crippen LogP contribution in [-0.4, -0.2) is 23.2 Å². The van der Waals surface area contributed by atoms with Crippen LogP contribution in [0.1, 0.15) is 17.9 Å². The standard InChI is InChI=1S/C19H19N3O3/c1-13-21-22-19(25-13)15-7-5-8-16(12-15)20-18(23)11-10-14-6-3-4-9-17(14)24-2/h3-9,12H,10-11H2,1-2H3,(H,20,23). The van der Waals surface area contributed by atoms with Gasteiger partial charge in [-0.25, -0.2) is 0 Å². The minimum absolute atomic E-state index is 0.0650. The molecule has 0 saturated heterocycles. The van der Waals surface area contributed by atoms with Crippen molar-refractivity contribution in [1.29, 1.82) is 0 Å². The predicted molar refractivity (Wildman–Crippen MR) is 94.4 cm³/mol. The maximum Gasteiger partial charge on any atom is 0.247 e. The molecule has 1 amide bonds. The van der Waals surface area contributed by atoms with E-state index in [9.17, 15) is 4.79 Å². The summed E-state index contributed by atoms with van der Waals surface area (Å²) in [7, 11) is 1.63. The van der Waals surface area contributed by atoms with E-state index in [1.165, 1.54) is 0 Å². The van der Waals surface area contributed by atoms with Gasteiger partial charge in [-0.1, -0.05) is 24.3 Å². The van der Waals surface area contributed by atoms with Crippen LogP contribution in [0.4, 0.5) is 5.69 Å². The molecular weight excluding hydrogens is 318 g/mol. The molecule has 3 rings (SSSR count). The van der Waals surface area contributed by atoms with Crippen molar-refractivity contribution in [1.82, 2.24) is 10.2 Å². The Morgan fingerprint density at radius 3 is 2.76 bits per heavy atom. The highest BCUT2D eigenvalue weighted by molar-refractivity contribution is 5.91. The van der Waals surface area contributed by atoms with Crippen LogP contribution in [0, 0.1) is 6.92 Å². The Kier molecular flexibility index (Phi) is 5.09. The summed E-state index contributed by atoms with van der Waals surface area (Å²) >= 11 is 0. The number of methoxy groups -OCH3 is 1. The van der Waals surface area contributed by atoms with Crippen molar-refractivity contribution in [3.05, 3.63) is 60.0 Å². The average molecular weight is 337 g/mol. The van der Waals surface area contributed by atoms with Crippen molar-refractivity contribution in [3.63, 3.8) is 0 Å². The first-order chi connectivity index (χ1) is 12.2. The summed E-state index contributed by atoms with van der Waals surface area (Å²) in [4.78, 5) is 12.2. The Hall–Kier alpha value is -3.15. The number of aryl methyl sites for hydroxylation is 2. The number of hydrogen-bond acceptors (Lipinski definition) is 5. The van der Waals surface area contributed by atoms with Crippen LogP contribution >= 0.6 is 0 Å². The van der Waals surface area contributed by atoms with E-state index in [1.807, 2.05) is 48.5 Å². The molecule has 0 unspecified atom stereocenters. The Morgan fingerprint density at radius 1 is 1.16 bits per heavy atom. The smallest absolute Gasteiger partial charge is 0.247 e. The van der Waals surface area contributed by atoms with Crippen molar-refractivity contribution in [2.75, 3.05) is 12.4 Å². The summed E-state index contributed by atoms with van der Waals surface area (Å²) < 4.78 is 10.7. The van der Waals surface area contributed by atoms with Crippen LogP contribution in [0.3, 0.4) is 0 Å². The number of aromatic nitrogens is 2. The van der Waals surface area contributed by atoms with Gasteiger partial charge >= 0.3 is 0 Å². The second-order valence-electron chi connectivity index (χ2n) is 5.57. The second kappa shape index (κ2) is 7.61. The molecule has 0 aliphatic heterocycles. The predicted octanol–water partition coefficient (Wildman–Crippen LogP) is 3.62. The molecule has 0 bridgehead atoms. The minimum Gasteiger partial charge on any atom is -0.496 e. The molecule has 6 nitrogen and oxygen atoms in total. The van der Waals surface area contributed by atoms with Crippen LogP contribution in [0.2, 0.25) is 0 Å². The van der Waals surface area contributed by atoms with Gasteiger partial charge in [0.1, 0.15) is 5.75 Å². The Bertz CT molecular complexity index is 874. The van der Waals surface area contributed by atoms with Crippen LogP contribution in [0.5, 0.6) is 5.75 Å². The van der Waals surface area contributed by atoms with Gasteiger partial charge < -0.3 is 14.5 Å². The molecule has 1 N–H and O–H groups in total. The topological polar surface area (TPSA) is 77.2 Å². The van der Waals surface area contributed by atoms with Gasteiger partial charge in [0, 0.05) is 24.6 Å². The molecule has 0 radical (unpaired) electrons. The van der Waals surface area contributed by atoms with Crippen molar-refractivity contribution >= 4 is 11.6 Å². The number of para-hydroxylation sites is 1. The monoisotopic (exact) mass is 337 g/mol. The first kappa shape index (κ1) is 16.7. The minimum atomic E-state index is -0.0650. The first-order valence-corrected chi connectivity index (χ1v) is 7.98. The largest absolute Gasteiger partial charge is 0.496 e. The normalized spacial score (nSPS) is 10.5. The zero-order chi connectivity index (χ0) is 17.6. The molecule has 0 saturated carbocycles. The zero-order valence-electron chi connectivity index (χ0n) is 14.2. The number of ether oxygens (including phenoxy) is 1. The van der Waals surface area contributed by atoms with Crippen molar-refractivity contribution in [2.24, 2.45) is 0 Å². The number of amides is 1. The molecule has 0 fully saturated rings. The third-order valence-electron chi connectivity index (χ3n) is 3.73. The summed E-state index contributed by atoms with van der Waals surface area (Å²) in [6, 6.07) is 15.0. The number of anilines is 1. The van der Waals surface area contributed by atoms with Gasteiger partial charge in [0.05, 0.1) is 7.11 Å². The van der Waals surface area contributed by atoms with Crippen molar-refractivity contribution in [2.45, 2.75) is 19.8 Å². The van der Waals surface area contributed by atoms with E-state index in [2.05, 4.69) is 15.5 Å². The van der Waals surface area contributed by atoms with E-state index in [-0.39, 0.29) is 5.91 Å². The lowest BCUT2D eigenvalue weighted by Crippen LogP contribution is -2.12. The second-order valence-corrected chi connectivity index (χ2v) is 5.57. The molecule has 25 heavy (non-hydrogen) atoms.